The minimum absolute atomic E-state index is 0.101. The first-order valence-corrected chi connectivity index (χ1v) is 17.1. The van der Waals surface area contributed by atoms with Crippen molar-refractivity contribution in [3.63, 3.8) is 0 Å². The van der Waals surface area contributed by atoms with E-state index in [2.05, 4.69) is 26.3 Å². The summed E-state index contributed by atoms with van der Waals surface area (Å²) in [6.45, 7) is 8.75. The summed E-state index contributed by atoms with van der Waals surface area (Å²) >= 11 is 0. The summed E-state index contributed by atoms with van der Waals surface area (Å²) in [7, 11) is 1.59. The fourth-order valence-corrected chi connectivity index (χ4v) is 5.37. The van der Waals surface area contributed by atoms with Crippen molar-refractivity contribution in [2.45, 2.75) is 90.4 Å². The van der Waals surface area contributed by atoms with Crippen LogP contribution in [-0.2, 0) is 48.3 Å². The van der Waals surface area contributed by atoms with E-state index < -0.39 is 41.1 Å². The number of hydrogen-bond donors (Lipinski definition) is 4. The number of methoxy groups -OCH3 is 1. The van der Waals surface area contributed by atoms with E-state index in [-0.39, 0.29) is 37.4 Å². The monoisotopic (exact) mass is 719 g/mol. The molecule has 52 heavy (non-hydrogen) atoms. The highest BCUT2D eigenvalue weighted by atomic mass is 16.6. The van der Waals surface area contributed by atoms with Crippen LogP contribution in [0, 0.1) is 0 Å². The van der Waals surface area contributed by atoms with Gasteiger partial charge in [-0.3, -0.25) is 19.2 Å². The predicted octanol–water partition coefficient (Wildman–Crippen LogP) is 3.14. The smallest absolute Gasteiger partial charge is 0.408 e. The highest BCUT2D eigenvalue weighted by Gasteiger charge is 2.36. The van der Waals surface area contributed by atoms with Crippen LogP contribution in [0.5, 0.6) is 5.75 Å². The van der Waals surface area contributed by atoms with E-state index in [4.69, 9.17) is 14.2 Å². The van der Waals surface area contributed by atoms with Gasteiger partial charge in [0.2, 0.25) is 17.7 Å². The third-order valence-electron chi connectivity index (χ3n) is 8.10. The lowest BCUT2D eigenvalue weighted by Crippen LogP contribution is -2.59. The zero-order valence-electron chi connectivity index (χ0n) is 30.6. The molecule has 2 atom stereocenters. The van der Waals surface area contributed by atoms with Crippen molar-refractivity contribution in [1.29, 1.82) is 0 Å². The van der Waals surface area contributed by atoms with Crippen LogP contribution in [0.1, 0.15) is 58.6 Å². The van der Waals surface area contributed by atoms with E-state index in [0.29, 0.717) is 25.9 Å². The minimum Gasteiger partial charge on any atom is -0.497 e. The molecule has 0 radical (unpaired) electrons. The van der Waals surface area contributed by atoms with Crippen LogP contribution < -0.4 is 26.0 Å². The summed E-state index contributed by atoms with van der Waals surface area (Å²) in [6.07, 6.45) is 3.34. The number of carbonyl (C=O) groups excluding carboxylic acids is 5. The standard InChI is InChI=1S/C37H49N7O8/c1-36(2,3)52-35(49)42-37(4,5)34(48)40-28(23-51-22-26-11-8-7-9-12-26)32(46)41-30-20-43(24-39-30)21-31(45)44-18-10-13-29(44)33(47)38-19-25-14-16-27(50-6)17-15-25/h7-9,11-12,14-17,20,24,28-29H,10,13,18-19,21-23H2,1-6H3,(H,38,47)(H,40,48)(H,41,46)(H,42,49)/t28-,29?/m1/s1. The van der Waals surface area contributed by atoms with Crippen LogP contribution in [0.2, 0.25) is 0 Å². The zero-order chi connectivity index (χ0) is 37.9. The number of carbonyl (C=O) groups is 5. The molecular formula is C37H49N7O8. The molecule has 1 saturated heterocycles. The molecular weight excluding hydrogens is 670 g/mol. The SMILES string of the molecule is COc1ccc(CNC(=O)C2CCCN2C(=O)Cn2cnc(NC(=O)[C@@H](COCc3ccccc3)NC(=O)C(C)(C)NC(=O)OC(C)(C)C)c2)cc1. The Kier molecular flexibility index (Phi) is 13.4. The summed E-state index contributed by atoms with van der Waals surface area (Å²) in [5.74, 6) is -0.909. The van der Waals surface area contributed by atoms with Gasteiger partial charge in [-0.15, -0.1) is 0 Å². The van der Waals surface area contributed by atoms with Gasteiger partial charge in [0.15, 0.2) is 5.82 Å². The number of nitrogens with one attached hydrogen (secondary N) is 4. The molecule has 0 spiro atoms. The molecule has 2 heterocycles. The first-order chi connectivity index (χ1) is 24.6. The van der Waals surface area contributed by atoms with Gasteiger partial charge >= 0.3 is 6.09 Å². The number of hydrogen-bond acceptors (Lipinski definition) is 9. The van der Waals surface area contributed by atoms with Gasteiger partial charge in [-0.05, 0) is 70.7 Å². The van der Waals surface area contributed by atoms with E-state index in [0.717, 1.165) is 16.9 Å². The fraction of sp³-hybridized carbons (Fsp3) is 0.459. The van der Waals surface area contributed by atoms with Gasteiger partial charge in [0.25, 0.3) is 5.91 Å². The second kappa shape index (κ2) is 17.7. The molecule has 1 aliphatic rings. The molecule has 15 heteroatoms. The number of aromatic nitrogens is 2. The molecule has 1 aliphatic heterocycles. The minimum atomic E-state index is -1.44. The average molecular weight is 720 g/mol. The van der Waals surface area contributed by atoms with Crippen molar-refractivity contribution >= 4 is 35.5 Å². The molecule has 0 aliphatic carbocycles. The summed E-state index contributed by atoms with van der Waals surface area (Å²) in [5.41, 5.74) is -0.439. The quantitative estimate of drug-likeness (QED) is 0.183. The first-order valence-electron chi connectivity index (χ1n) is 17.1. The average Bonchev–Trinajstić information content (AvgIpc) is 3.76. The van der Waals surface area contributed by atoms with E-state index in [1.54, 1.807) is 32.8 Å². The summed E-state index contributed by atoms with van der Waals surface area (Å²) in [4.78, 5) is 71.3. The van der Waals surface area contributed by atoms with Crippen molar-refractivity contribution in [2.24, 2.45) is 0 Å². The Hall–Kier alpha value is -5.44. The Labute approximate surface area is 303 Å². The number of nitrogens with zero attached hydrogens (tertiary/aromatic N) is 3. The highest BCUT2D eigenvalue weighted by molar-refractivity contribution is 5.98. The highest BCUT2D eigenvalue weighted by Crippen LogP contribution is 2.19. The van der Waals surface area contributed by atoms with Gasteiger partial charge in [0.05, 0.1) is 26.7 Å². The van der Waals surface area contributed by atoms with Gasteiger partial charge in [-0.25, -0.2) is 9.78 Å². The van der Waals surface area contributed by atoms with Crippen molar-refractivity contribution in [3.8, 4) is 5.75 Å². The number of ether oxygens (including phenoxy) is 3. The largest absolute Gasteiger partial charge is 0.497 e. The van der Waals surface area contributed by atoms with Crippen LogP contribution in [0.15, 0.2) is 67.1 Å². The normalized spacial score (nSPS) is 15.0. The molecule has 4 N–H and O–H groups in total. The van der Waals surface area contributed by atoms with Gasteiger partial charge in [0.1, 0.15) is 35.5 Å². The lowest BCUT2D eigenvalue weighted by molar-refractivity contribution is -0.139. The van der Waals surface area contributed by atoms with Crippen LogP contribution in [0.3, 0.4) is 0 Å². The van der Waals surface area contributed by atoms with E-state index in [1.165, 1.54) is 30.9 Å². The van der Waals surface area contributed by atoms with Crippen molar-refractivity contribution in [3.05, 3.63) is 78.2 Å². The van der Waals surface area contributed by atoms with Crippen LogP contribution in [0.4, 0.5) is 10.6 Å². The van der Waals surface area contributed by atoms with Crippen molar-refractivity contribution < 1.29 is 38.2 Å². The van der Waals surface area contributed by atoms with Gasteiger partial charge in [0, 0.05) is 19.3 Å². The first kappa shape index (κ1) is 39.3. The van der Waals surface area contributed by atoms with Crippen molar-refractivity contribution in [1.82, 2.24) is 30.4 Å². The molecule has 3 aromatic rings. The van der Waals surface area contributed by atoms with E-state index in [9.17, 15) is 24.0 Å². The third-order valence-corrected chi connectivity index (χ3v) is 8.10. The predicted molar refractivity (Wildman–Crippen MR) is 192 cm³/mol. The molecule has 5 amide bonds. The maximum absolute atomic E-state index is 13.5. The second-order valence-electron chi connectivity index (χ2n) is 14.0. The molecule has 4 rings (SSSR count). The van der Waals surface area contributed by atoms with Gasteiger partial charge < -0.3 is 44.9 Å². The number of anilines is 1. The zero-order valence-corrected chi connectivity index (χ0v) is 30.6. The Morgan fingerprint density at radius 3 is 2.35 bits per heavy atom. The van der Waals surface area contributed by atoms with Crippen LogP contribution in [-0.4, -0.2) is 87.7 Å². The Balaban J connectivity index is 1.35. The number of alkyl carbamates (subject to hydrolysis) is 1. The summed E-state index contributed by atoms with van der Waals surface area (Å²) < 4.78 is 17.8. The Morgan fingerprint density at radius 1 is 0.962 bits per heavy atom. The van der Waals surface area contributed by atoms with Crippen LogP contribution in [0.25, 0.3) is 0 Å². The molecule has 1 aromatic heterocycles. The Morgan fingerprint density at radius 2 is 1.67 bits per heavy atom. The van der Waals surface area contributed by atoms with Crippen LogP contribution >= 0.6 is 0 Å². The maximum Gasteiger partial charge on any atom is 0.408 e. The molecule has 0 bridgehead atoms. The third kappa shape index (κ3) is 11.8. The molecule has 1 unspecified atom stereocenters. The molecule has 2 aromatic carbocycles. The molecule has 0 saturated carbocycles. The number of imidazole rings is 1. The topological polar surface area (TPSA) is 182 Å². The lowest BCUT2D eigenvalue weighted by Gasteiger charge is -2.29. The maximum atomic E-state index is 13.5. The van der Waals surface area contributed by atoms with E-state index in [1.807, 2.05) is 54.6 Å². The number of benzene rings is 2. The van der Waals surface area contributed by atoms with Crippen molar-refractivity contribution in [2.75, 3.05) is 25.6 Å². The number of amides is 5. The summed E-state index contributed by atoms with van der Waals surface area (Å²) in [5, 5.41) is 10.8. The molecule has 280 valence electrons. The fourth-order valence-electron chi connectivity index (χ4n) is 5.37. The molecule has 15 nitrogen and oxygen atoms in total. The van der Waals surface area contributed by atoms with Gasteiger partial charge in [-0.1, -0.05) is 42.5 Å². The Bertz CT molecular complexity index is 1690. The lowest BCUT2D eigenvalue weighted by atomic mass is 10.0. The number of rotatable bonds is 15. The van der Waals surface area contributed by atoms with E-state index >= 15 is 0 Å². The second-order valence-corrected chi connectivity index (χ2v) is 14.0. The summed E-state index contributed by atoms with van der Waals surface area (Å²) in [6, 6.07) is 14.9. The van der Waals surface area contributed by atoms with Gasteiger partial charge in [-0.2, -0.15) is 0 Å². The molecule has 1 fully saturated rings. The number of likely N-dealkylation sites (tertiary alicyclic amines) is 1.